The maximum absolute atomic E-state index is 12.5. The number of aromatic nitrogens is 1. The number of carboxylic acids is 1. The molecule has 0 saturated carbocycles. The molecule has 5 rings (SSSR count). The molecule has 6 heteroatoms. The van der Waals surface area contributed by atoms with E-state index in [0.717, 1.165) is 42.4 Å². The van der Waals surface area contributed by atoms with E-state index in [1.54, 1.807) is 6.20 Å². The minimum Gasteiger partial charge on any atom is -0.550 e. The molecule has 2 aromatic rings. The number of aliphatic carboxylic acids is 1. The molecule has 4 heterocycles. The van der Waals surface area contributed by atoms with Crippen LogP contribution in [0.3, 0.4) is 0 Å². The summed E-state index contributed by atoms with van der Waals surface area (Å²) in [5.74, 6) is -0.693. The highest BCUT2D eigenvalue weighted by atomic mass is 16.5. The van der Waals surface area contributed by atoms with Crippen molar-refractivity contribution in [3.63, 3.8) is 0 Å². The Morgan fingerprint density at radius 1 is 1.31 bits per heavy atom. The predicted octanol–water partition coefficient (Wildman–Crippen LogP) is 0.829. The molecular formula is C23H26N2O4. The maximum Gasteiger partial charge on any atom is 0.307 e. The highest BCUT2D eigenvalue weighted by Gasteiger charge is 2.47. The topological polar surface area (TPSA) is 83.8 Å². The molecule has 1 N–H and O–H groups in total. The van der Waals surface area contributed by atoms with Crippen LogP contribution >= 0.6 is 0 Å². The van der Waals surface area contributed by atoms with Gasteiger partial charge in [0.05, 0.1) is 25.0 Å². The lowest BCUT2D eigenvalue weighted by atomic mass is 9.73. The Balaban J connectivity index is 1.67. The summed E-state index contributed by atoms with van der Waals surface area (Å²) in [5, 5.41) is 11.7. The van der Waals surface area contributed by atoms with Gasteiger partial charge in [-0.25, -0.2) is 0 Å². The fraction of sp³-hybridized carbons (Fsp3) is 0.435. The quantitative estimate of drug-likeness (QED) is 0.556. The van der Waals surface area contributed by atoms with Gasteiger partial charge in [-0.2, -0.15) is 0 Å². The van der Waals surface area contributed by atoms with Crippen molar-refractivity contribution in [3.05, 3.63) is 54.7 Å². The first-order chi connectivity index (χ1) is 14.1. The number of carbonyl (C=O) groups is 2. The molecule has 5 atom stereocenters. The van der Waals surface area contributed by atoms with Crippen LogP contribution in [-0.2, 0) is 14.3 Å². The van der Waals surface area contributed by atoms with Crippen molar-refractivity contribution < 1.29 is 24.3 Å². The van der Waals surface area contributed by atoms with Crippen molar-refractivity contribution in [2.75, 3.05) is 13.1 Å². The molecule has 2 bridgehead atoms. The Morgan fingerprint density at radius 3 is 2.86 bits per heavy atom. The fourth-order valence-corrected chi connectivity index (χ4v) is 5.03. The van der Waals surface area contributed by atoms with Gasteiger partial charge in [0.25, 0.3) is 0 Å². The summed E-state index contributed by atoms with van der Waals surface area (Å²) in [5.41, 5.74) is 1.80. The van der Waals surface area contributed by atoms with Gasteiger partial charge < -0.3 is 19.5 Å². The lowest BCUT2D eigenvalue weighted by Crippen LogP contribution is -3.20. The van der Waals surface area contributed by atoms with Crippen molar-refractivity contribution in [3.8, 4) is 0 Å². The third kappa shape index (κ3) is 4.03. The number of hydrogen-bond acceptors (Lipinski definition) is 5. The van der Waals surface area contributed by atoms with Crippen molar-refractivity contribution in [2.24, 2.45) is 11.8 Å². The minimum atomic E-state index is -1.24. The summed E-state index contributed by atoms with van der Waals surface area (Å²) in [7, 11) is 0. The summed E-state index contributed by atoms with van der Waals surface area (Å²) in [6, 6.07) is 9.90. The molecule has 152 valence electrons. The predicted molar refractivity (Wildman–Crippen MR) is 106 cm³/mol. The van der Waals surface area contributed by atoms with Crippen LogP contribution in [0.4, 0.5) is 0 Å². The number of ether oxygens (including phenoxy) is 1. The number of esters is 1. The Kier molecular flexibility index (Phi) is 5.62. The summed E-state index contributed by atoms with van der Waals surface area (Å²) in [4.78, 5) is 29.1. The van der Waals surface area contributed by atoms with E-state index < -0.39 is 18.0 Å². The van der Waals surface area contributed by atoms with Crippen LogP contribution in [0.2, 0.25) is 0 Å². The van der Waals surface area contributed by atoms with Gasteiger partial charge in [-0.05, 0) is 24.5 Å². The third-order valence-corrected chi connectivity index (χ3v) is 6.47. The average molecular weight is 394 g/mol. The van der Waals surface area contributed by atoms with E-state index in [1.165, 1.54) is 4.90 Å². The van der Waals surface area contributed by atoms with E-state index >= 15 is 0 Å². The Labute approximate surface area is 170 Å². The molecule has 3 aliphatic heterocycles. The second-order valence-electron chi connectivity index (χ2n) is 8.10. The fourth-order valence-electron chi connectivity index (χ4n) is 5.03. The highest BCUT2D eigenvalue weighted by Crippen LogP contribution is 2.36. The van der Waals surface area contributed by atoms with Crippen molar-refractivity contribution in [2.45, 2.75) is 37.8 Å². The van der Waals surface area contributed by atoms with Gasteiger partial charge in [-0.3, -0.25) is 9.78 Å². The van der Waals surface area contributed by atoms with Crippen LogP contribution in [0, 0.1) is 11.8 Å². The van der Waals surface area contributed by atoms with Gasteiger partial charge in [-0.15, -0.1) is 6.58 Å². The molecular weight excluding hydrogens is 368 g/mol. The number of nitrogens with zero attached hydrogens (tertiary/aromatic N) is 1. The normalized spacial score (nSPS) is 26.8. The first kappa shape index (κ1) is 19.6. The molecule has 29 heavy (non-hydrogen) atoms. The maximum atomic E-state index is 12.5. The smallest absolute Gasteiger partial charge is 0.307 e. The van der Waals surface area contributed by atoms with Crippen LogP contribution in [-0.4, -0.2) is 36.1 Å². The SMILES string of the molecule is C=C[C@H]1C[NH+]2CC[C@@H]1C[C@@H]2[C@@H](OC(=O)CCC(=O)[O-])c1ccnc2ccccc12. The van der Waals surface area contributed by atoms with Gasteiger partial charge in [0.15, 0.2) is 6.10 Å². The number of nitrogens with one attached hydrogen (secondary N) is 1. The molecule has 1 aromatic heterocycles. The molecule has 0 radical (unpaired) electrons. The van der Waals surface area contributed by atoms with Gasteiger partial charge in [0, 0.05) is 41.9 Å². The number of benzene rings is 1. The first-order valence-corrected chi connectivity index (χ1v) is 10.3. The summed E-state index contributed by atoms with van der Waals surface area (Å²) < 4.78 is 5.95. The number of rotatable bonds is 7. The van der Waals surface area contributed by atoms with Gasteiger partial charge >= 0.3 is 5.97 Å². The number of carbonyl (C=O) groups excluding carboxylic acids is 2. The molecule has 3 fully saturated rings. The van der Waals surface area contributed by atoms with Crippen molar-refractivity contribution >= 4 is 22.8 Å². The van der Waals surface area contributed by atoms with Gasteiger partial charge in [0.1, 0.15) is 6.04 Å². The largest absolute Gasteiger partial charge is 0.550 e. The number of pyridine rings is 1. The highest BCUT2D eigenvalue weighted by molar-refractivity contribution is 5.83. The van der Waals surface area contributed by atoms with Crippen LogP contribution in [0.1, 0.15) is 37.4 Å². The average Bonchev–Trinajstić information content (AvgIpc) is 2.76. The van der Waals surface area contributed by atoms with Gasteiger partial charge in [-0.1, -0.05) is 24.3 Å². The number of fused-ring (bicyclic) bond motifs is 4. The zero-order chi connectivity index (χ0) is 20.4. The molecule has 3 aliphatic rings. The number of hydrogen-bond donors (Lipinski definition) is 1. The number of carboxylic acid groups (broad SMARTS) is 1. The van der Waals surface area contributed by atoms with Crippen molar-refractivity contribution in [1.82, 2.24) is 4.98 Å². The van der Waals surface area contributed by atoms with Crippen LogP contribution < -0.4 is 10.0 Å². The molecule has 1 unspecified atom stereocenters. The zero-order valence-electron chi connectivity index (χ0n) is 16.4. The monoisotopic (exact) mass is 394 g/mol. The molecule has 0 spiro atoms. The molecule has 6 nitrogen and oxygen atoms in total. The Hall–Kier alpha value is -2.73. The van der Waals surface area contributed by atoms with Crippen LogP contribution in [0.5, 0.6) is 0 Å². The molecule has 1 aromatic carbocycles. The second kappa shape index (κ2) is 8.33. The van der Waals surface area contributed by atoms with Crippen molar-refractivity contribution in [1.29, 1.82) is 0 Å². The summed E-state index contributed by atoms with van der Waals surface area (Å²) >= 11 is 0. The van der Waals surface area contributed by atoms with E-state index in [9.17, 15) is 14.7 Å². The first-order valence-electron chi connectivity index (χ1n) is 10.3. The molecule has 3 saturated heterocycles. The van der Waals surface area contributed by atoms with E-state index in [-0.39, 0.29) is 18.9 Å². The van der Waals surface area contributed by atoms with Crippen LogP contribution in [0.15, 0.2) is 49.2 Å². The molecule has 0 aliphatic carbocycles. The number of para-hydroxylation sites is 1. The van der Waals surface area contributed by atoms with E-state index in [2.05, 4.69) is 17.6 Å². The number of piperidine rings is 3. The lowest BCUT2D eigenvalue weighted by Gasteiger charge is -2.48. The molecule has 0 amide bonds. The minimum absolute atomic E-state index is 0.141. The Bertz CT molecular complexity index is 923. The zero-order valence-corrected chi connectivity index (χ0v) is 16.4. The summed E-state index contributed by atoms with van der Waals surface area (Å²) in [6.45, 7) is 6.04. The van der Waals surface area contributed by atoms with E-state index in [4.69, 9.17) is 4.74 Å². The lowest BCUT2D eigenvalue weighted by molar-refractivity contribution is -0.949. The summed E-state index contributed by atoms with van der Waals surface area (Å²) in [6.07, 6.45) is 4.99. The Morgan fingerprint density at radius 2 is 2.14 bits per heavy atom. The second-order valence-corrected chi connectivity index (χ2v) is 8.10. The van der Waals surface area contributed by atoms with E-state index in [0.29, 0.717) is 11.8 Å². The number of quaternary nitrogens is 1. The third-order valence-electron chi connectivity index (χ3n) is 6.47. The van der Waals surface area contributed by atoms with Crippen LogP contribution in [0.25, 0.3) is 10.9 Å². The van der Waals surface area contributed by atoms with E-state index in [1.807, 2.05) is 30.3 Å². The van der Waals surface area contributed by atoms with Gasteiger partial charge in [0.2, 0.25) is 0 Å². The standard InChI is InChI=1S/C23H26N2O4/c1-2-15-14-25-12-10-16(15)13-20(25)23(29-22(28)8-7-21(26)27)18-9-11-24-19-6-4-3-5-17(18)19/h2-6,9,11,15-16,20,23H,1,7-8,10,12-14H2,(H,26,27)/t15-,16+,20+,23-/m0/s1.